The molecule has 2 aromatic heterocycles. The number of rotatable bonds is 3. The highest BCUT2D eigenvalue weighted by Crippen LogP contribution is 2.30. The van der Waals surface area contributed by atoms with E-state index in [4.69, 9.17) is 16.3 Å². The molecule has 8 nitrogen and oxygen atoms in total. The van der Waals surface area contributed by atoms with Gasteiger partial charge >= 0.3 is 6.09 Å². The first-order valence-electron chi connectivity index (χ1n) is 10.1. The second kappa shape index (κ2) is 8.65. The van der Waals surface area contributed by atoms with Crippen LogP contribution in [-0.4, -0.2) is 62.9 Å². The molecule has 1 amide bonds. The highest BCUT2D eigenvalue weighted by molar-refractivity contribution is 6.32. The fourth-order valence-electron chi connectivity index (χ4n) is 3.44. The summed E-state index contributed by atoms with van der Waals surface area (Å²) in [5.41, 5.74) is -2.82. The maximum atomic E-state index is 15.1. The van der Waals surface area contributed by atoms with Gasteiger partial charge in [0.05, 0.1) is 6.04 Å². The molecule has 0 spiro atoms. The van der Waals surface area contributed by atoms with Gasteiger partial charge < -0.3 is 14.6 Å². The number of anilines is 1. The van der Waals surface area contributed by atoms with Gasteiger partial charge in [-0.2, -0.15) is 4.39 Å². The standard InChI is InChI=1S/C21H26ClF2N5O3/c1-20(2,3)32-19(31)29-9-8-28(11-13(29)21(4,5)24)17-15(22)18(30)27-16(26-17)12-6-7-25-14(23)10-12/h6-7,10,13H,8-9,11H2,1-5H3,(H,26,27,30). The van der Waals surface area contributed by atoms with Crippen LogP contribution in [0.15, 0.2) is 23.1 Å². The summed E-state index contributed by atoms with van der Waals surface area (Å²) in [4.78, 5) is 38.5. The van der Waals surface area contributed by atoms with Crippen LogP contribution < -0.4 is 10.5 Å². The van der Waals surface area contributed by atoms with E-state index in [1.54, 1.807) is 25.7 Å². The van der Waals surface area contributed by atoms with Crippen molar-refractivity contribution in [2.24, 2.45) is 0 Å². The lowest BCUT2D eigenvalue weighted by Gasteiger charge is -2.45. The van der Waals surface area contributed by atoms with Crippen LogP contribution in [0.1, 0.15) is 34.6 Å². The molecule has 0 bridgehead atoms. The summed E-state index contributed by atoms with van der Waals surface area (Å²) in [6.45, 7) is 8.36. The van der Waals surface area contributed by atoms with Gasteiger partial charge in [0, 0.05) is 37.5 Å². The zero-order chi connectivity index (χ0) is 23.8. The zero-order valence-electron chi connectivity index (χ0n) is 18.6. The number of nitrogens with zero attached hydrogens (tertiary/aromatic N) is 4. The van der Waals surface area contributed by atoms with Crippen LogP contribution in [-0.2, 0) is 4.74 Å². The van der Waals surface area contributed by atoms with Crippen LogP contribution in [0.5, 0.6) is 0 Å². The summed E-state index contributed by atoms with van der Waals surface area (Å²) in [5.74, 6) is -0.506. The number of carbonyl (C=O) groups excluding carboxylic acids is 1. The molecule has 3 rings (SSSR count). The second-order valence-electron chi connectivity index (χ2n) is 9.12. The number of aromatic nitrogens is 3. The van der Waals surface area contributed by atoms with Gasteiger partial charge in [0.1, 0.15) is 22.1 Å². The SMILES string of the molecule is CC(C)(C)OC(=O)N1CCN(c2nc(-c3ccnc(F)c3)[nH]c(=O)c2Cl)CC1C(C)(C)F. The van der Waals surface area contributed by atoms with Crippen molar-refractivity contribution in [3.63, 3.8) is 0 Å². The third-order valence-electron chi connectivity index (χ3n) is 4.95. The van der Waals surface area contributed by atoms with Crippen molar-refractivity contribution in [2.75, 3.05) is 24.5 Å². The van der Waals surface area contributed by atoms with Crippen LogP contribution in [0.25, 0.3) is 11.4 Å². The molecule has 1 aliphatic rings. The lowest BCUT2D eigenvalue weighted by atomic mass is 9.96. The summed E-state index contributed by atoms with van der Waals surface area (Å²) >= 11 is 6.23. The number of hydrogen-bond donors (Lipinski definition) is 1. The maximum Gasteiger partial charge on any atom is 0.410 e. The van der Waals surface area contributed by atoms with Crippen molar-refractivity contribution in [2.45, 2.75) is 51.9 Å². The Morgan fingerprint density at radius 2 is 1.97 bits per heavy atom. The first kappa shape index (κ1) is 23.9. The Morgan fingerprint density at radius 1 is 1.28 bits per heavy atom. The number of ether oxygens (including phenoxy) is 1. The quantitative estimate of drug-likeness (QED) is 0.687. The molecule has 11 heteroatoms. The van der Waals surface area contributed by atoms with Gasteiger partial charge in [0.15, 0.2) is 5.82 Å². The third kappa shape index (κ3) is 5.35. The highest BCUT2D eigenvalue weighted by atomic mass is 35.5. The third-order valence-corrected chi connectivity index (χ3v) is 5.29. The fraction of sp³-hybridized carbons (Fsp3) is 0.524. The molecule has 0 aromatic carbocycles. The van der Waals surface area contributed by atoms with Gasteiger partial charge in [-0.25, -0.2) is 19.2 Å². The zero-order valence-corrected chi connectivity index (χ0v) is 19.3. The topological polar surface area (TPSA) is 91.4 Å². The number of piperazine rings is 1. The number of halogens is 3. The van der Waals surface area contributed by atoms with Crippen molar-refractivity contribution in [1.29, 1.82) is 0 Å². The number of nitrogens with one attached hydrogen (secondary N) is 1. The van der Waals surface area contributed by atoms with E-state index in [9.17, 15) is 14.0 Å². The second-order valence-corrected chi connectivity index (χ2v) is 9.50. The number of aromatic amines is 1. The summed E-state index contributed by atoms with van der Waals surface area (Å²) in [6, 6.07) is 1.74. The number of carbonyl (C=O) groups is 1. The van der Waals surface area contributed by atoms with Crippen LogP contribution in [0.4, 0.5) is 19.4 Å². The molecule has 0 aliphatic carbocycles. The van der Waals surface area contributed by atoms with E-state index < -0.39 is 34.9 Å². The molecule has 174 valence electrons. The van der Waals surface area contributed by atoms with Gasteiger partial charge in [-0.1, -0.05) is 11.6 Å². The Bertz CT molecular complexity index is 1060. The molecular formula is C21H26ClF2N5O3. The van der Waals surface area contributed by atoms with Gasteiger partial charge in [-0.3, -0.25) is 9.69 Å². The normalized spacial score (nSPS) is 17.4. The van der Waals surface area contributed by atoms with E-state index in [0.717, 1.165) is 6.07 Å². The monoisotopic (exact) mass is 469 g/mol. The molecule has 0 radical (unpaired) electrons. The van der Waals surface area contributed by atoms with E-state index in [0.29, 0.717) is 5.56 Å². The van der Waals surface area contributed by atoms with Gasteiger partial charge in [-0.05, 0) is 40.7 Å². The van der Waals surface area contributed by atoms with E-state index in [2.05, 4.69) is 15.0 Å². The van der Waals surface area contributed by atoms with Gasteiger partial charge in [-0.15, -0.1) is 0 Å². The molecule has 32 heavy (non-hydrogen) atoms. The van der Waals surface area contributed by atoms with Crippen molar-refractivity contribution in [3.8, 4) is 11.4 Å². The predicted molar refractivity (Wildman–Crippen MR) is 117 cm³/mol. The number of H-pyrrole nitrogens is 1. The molecule has 1 saturated heterocycles. The summed E-state index contributed by atoms with van der Waals surface area (Å²) in [6.07, 6.45) is 0.631. The Kier molecular flexibility index (Phi) is 6.46. The van der Waals surface area contributed by atoms with E-state index in [1.807, 2.05) is 0 Å². The Morgan fingerprint density at radius 3 is 2.56 bits per heavy atom. The van der Waals surface area contributed by atoms with E-state index in [-0.39, 0.29) is 36.3 Å². The largest absolute Gasteiger partial charge is 0.444 e. The number of amides is 1. The average molecular weight is 470 g/mol. The molecule has 1 N–H and O–H groups in total. The summed E-state index contributed by atoms with van der Waals surface area (Å²) < 4.78 is 34.1. The highest BCUT2D eigenvalue weighted by Gasteiger charge is 2.43. The maximum absolute atomic E-state index is 15.1. The Balaban J connectivity index is 1.95. The van der Waals surface area contributed by atoms with Crippen LogP contribution in [0.2, 0.25) is 5.02 Å². The number of pyridine rings is 1. The minimum Gasteiger partial charge on any atom is -0.444 e. The first-order chi connectivity index (χ1) is 14.8. The molecule has 1 fully saturated rings. The lowest BCUT2D eigenvalue weighted by molar-refractivity contribution is -0.0108. The van der Waals surface area contributed by atoms with Gasteiger partial charge in [0.2, 0.25) is 5.95 Å². The molecule has 3 heterocycles. The molecule has 1 unspecified atom stereocenters. The first-order valence-corrected chi connectivity index (χ1v) is 10.5. The van der Waals surface area contributed by atoms with E-state index in [1.165, 1.54) is 31.0 Å². The van der Waals surface area contributed by atoms with Crippen LogP contribution in [0, 0.1) is 5.95 Å². The summed E-state index contributed by atoms with van der Waals surface area (Å²) in [7, 11) is 0. The molecule has 1 atom stereocenters. The fourth-order valence-corrected chi connectivity index (χ4v) is 3.65. The summed E-state index contributed by atoms with van der Waals surface area (Å²) in [5, 5.41) is -0.176. The molecule has 1 aliphatic heterocycles. The smallest absolute Gasteiger partial charge is 0.410 e. The lowest BCUT2D eigenvalue weighted by Crippen LogP contribution is -2.62. The Labute approximate surface area is 189 Å². The molecular weight excluding hydrogens is 444 g/mol. The van der Waals surface area contributed by atoms with Crippen molar-refractivity contribution in [3.05, 3.63) is 39.7 Å². The minimum absolute atomic E-state index is 0.0308. The molecule has 0 saturated carbocycles. The molecule has 2 aromatic rings. The van der Waals surface area contributed by atoms with E-state index >= 15 is 4.39 Å². The number of hydrogen-bond acceptors (Lipinski definition) is 6. The van der Waals surface area contributed by atoms with Crippen molar-refractivity contribution >= 4 is 23.5 Å². The van der Waals surface area contributed by atoms with Crippen LogP contribution >= 0.6 is 11.6 Å². The Hall–Kier alpha value is -2.75. The minimum atomic E-state index is -1.78. The van der Waals surface area contributed by atoms with Gasteiger partial charge in [0.25, 0.3) is 5.56 Å². The predicted octanol–water partition coefficient (Wildman–Crippen LogP) is 3.80. The van der Waals surface area contributed by atoms with Crippen molar-refractivity contribution in [1.82, 2.24) is 19.9 Å². The van der Waals surface area contributed by atoms with Crippen molar-refractivity contribution < 1.29 is 18.3 Å². The average Bonchev–Trinajstić information content (AvgIpc) is 2.67. The van der Waals surface area contributed by atoms with Crippen LogP contribution in [0.3, 0.4) is 0 Å². The number of alkyl halides is 1.